The summed E-state index contributed by atoms with van der Waals surface area (Å²) in [5.41, 5.74) is 0.766. The molecule has 1 atom stereocenters. The van der Waals surface area contributed by atoms with Crippen LogP contribution in [0.2, 0.25) is 0 Å². The maximum Gasteiger partial charge on any atom is 0.263 e. The Morgan fingerprint density at radius 3 is 3.08 bits per heavy atom. The van der Waals surface area contributed by atoms with Gasteiger partial charge in [-0.05, 0) is 31.3 Å². The van der Waals surface area contributed by atoms with Crippen LogP contribution in [0.1, 0.15) is 12.8 Å². The molecule has 1 amide bonds. The lowest BCUT2D eigenvalue weighted by molar-refractivity contribution is -0.133. The molecule has 26 heavy (non-hydrogen) atoms. The summed E-state index contributed by atoms with van der Waals surface area (Å²) in [5, 5.41) is 7.81. The number of thiophene rings is 2. The Balaban J connectivity index is 1.63. The quantitative estimate of drug-likeness (QED) is 0.745. The number of hydrogen-bond acceptors (Lipinski definition) is 6. The summed E-state index contributed by atoms with van der Waals surface area (Å²) in [5.74, 6) is -0.0268. The van der Waals surface area contributed by atoms with Gasteiger partial charge in [0.15, 0.2) is 0 Å². The average Bonchev–Trinajstić information content (AvgIpc) is 3.33. The van der Waals surface area contributed by atoms with Crippen molar-refractivity contribution in [2.45, 2.75) is 25.4 Å². The smallest absolute Gasteiger partial charge is 0.263 e. The van der Waals surface area contributed by atoms with Crippen molar-refractivity contribution in [3.05, 3.63) is 39.6 Å². The standard InChI is InChI=1S/C18H20N4O2S2/c1-19-12-4-2-6-21(8-12)15(23)9-22-11-20-17-16(18(22)24)13(10-26-17)14-5-3-7-25-14/h3,5,7,10-12,19H,2,4,6,8-9H2,1H3. The molecule has 0 bridgehead atoms. The molecule has 136 valence electrons. The summed E-state index contributed by atoms with van der Waals surface area (Å²) in [4.78, 5) is 33.7. The summed E-state index contributed by atoms with van der Waals surface area (Å²) >= 11 is 3.06. The predicted molar refractivity (Wildman–Crippen MR) is 106 cm³/mol. The van der Waals surface area contributed by atoms with E-state index in [2.05, 4.69) is 10.3 Å². The highest BCUT2D eigenvalue weighted by Gasteiger charge is 2.23. The highest BCUT2D eigenvalue weighted by atomic mass is 32.1. The van der Waals surface area contributed by atoms with Gasteiger partial charge >= 0.3 is 0 Å². The van der Waals surface area contributed by atoms with Crippen LogP contribution in [0.5, 0.6) is 0 Å². The first-order chi connectivity index (χ1) is 12.7. The Morgan fingerprint density at radius 2 is 2.31 bits per heavy atom. The van der Waals surface area contributed by atoms with E-state index in [-0.39, 0.29) is 18.0 Å². The van der Waals surface area contributed by atoms with Crippen LogP contribution in [0.25, 0.3) is 20.7 Å². The van der Waals surface area contributed by atoms with Crippen molar-refractivity contribution in [2.75, 3.05) is 20.1 Å². The lowest BCUT2D eigenvalue weighted by Crippen LogP contribution is -2.48. The third-order valence-corrected chi connectivity index (χ3v) is 6.62. The fourth-order valence-corrected chi connectivity index (χ4v) is 5.10. The van der Waals surface area contributed by atoms with Crippen LogP contribution in [0.3, 0.4) is 0 Å². The largest absolute Gasteiger partial charge is 0.340 e. The molecule has 1 N–H and O–H groups in total. The molecule has 4 rings (SSSR count). The first kappa shape index (κ1) is 17.4. The predicted octanol–water partition coefficient (Wildman–Crippen LogP) is 2.40. The molecule has 1 fully saturated rings. The van der Waals surface area contributed by atoms with E-state index in [0.29, 0.717) is 18.0 Å². The average molecular weight is 389 g/mol. The molecule has 0 aliphatic carbocycles. The van der Waals surface area contributed by atoms with E-state index in [4.69, 9.17) is 0 Å². The van der Waals surface area contributed by atoms with Gasteiger partial charge in [-0.25, -0.2) is 4.98 Å². The zero-order chi connectivity index (χ0) is 18.1. The van der Waals surface area contributed by atoms with Gasteiger partial charge in [-0.1, -0.05) is 6.07 Å². The second-order valence-electron chi connectivity index (χ2n) is 6.45. The van der Waals surface area contributed by atoms with Crippen molar-refractivity contribution >= 4 is 38.8 Å². The van der Waals surface area contributed by atoms with E-state index < -0.39 is 0 Å². The number of likely N-dealkylation sites (N-methyl/N-ethyl adjacent to an activating group) is 1. The molecular formula is C18H20N4O2S2. The molecule has 3 aromatic rings. The van der Waals surface area contributed by atoms with E-state index >= 15 is 0 Å². The number of piperidine rings is 1. The molecule has 3 aromatic heterocycles. The van der Waals surface area contributed by atoms with Gasteiger partial charge in [0, 0.05) is 35.0 Å². The van der Waals surface area contributed by atoms with Crippen LogP contribution < -0.4 is 10.9 Å². The summed E-state index contributed by atoms with van der Waals surface area (Å²) in [6.07, 6.45) is 3.56. The molecule has 1 aliphatic rings. The number of aromatic nitrogens is 2. The third-order valence-electron chi connectivity index (χ3n) is 4.84. The van der Waals surface area contributed by atoms with Crippen LogP contribution in [0, 0.1) is 0 Å². The van der Waals surface area contributed by atoms with E-state index in [9.17, 15) is 9.59 Å². The van der Waals surface area contributed by atoms with Gasteiger partial charge in [-0.3, -0.25) is 14.2 Å². The number of amides is 1. The zero-order valence-electron chi connectivity index (χ0n) is 14.5. The number of nitrogens with one attached hydrogen (secondary N) is 1. The minimum Gasteiger partial charge on any atom is -0.340 e. The van der Waals surface area contributed by atoms with Crippen LogP contribution in [0.4, 0.5) is 0 Å². The molecule has 0 spiro atoms. The molecular weight excluding hydrogens is 368 g/mol. The number of likely N-dealkylation sites (tertiary alicyclic amines) is 1. The number of hydrogen-bond donors (Lipinski definition) is 1. The summed E-state index contributed by atoms with van der Waals surface area (Å²) < 4.78 is 1.44. The Hall–Kier alpha value is -2.03. The number of rotatable bonds is 4. The number of carbonyl (C=O) groups is 1. The lowest BCUT2D eigenvalue weighted by Gasteiger charge is -2.32. The molecule has 0 radical (unpaired) electrons. The SMILES string of the molecule is CNC1CCCN(C(=O)Cn2cnc3scc(-c4cccs4)c3c2=O)C1. The fraction of sp³-hybridized carbons (Fsp3) is 0.389. The monoisotopic (exact) mass is 388 g/mol. The van der Waals surface area contributed by atoms with Crippen LogP contribution in [-0.2, 0) is 11.3 Å². The van der Waals surface area contributed by atoms with Crippen LogP contribution >= 0.6 is 22.7 Å². The minimum atomic E-state index is -0.143. The Bertz CT molecular complexity index is 977. The Kier molecular flexibility index (Phi) is 4.88. The molecule has 8 heteroatoms. The summed E-state index contributed by atoms with van der Waals surface area (Å²) in [7, 11) is 1.92. The van der Waals surface area contributed by atoms with Gasteiger partial charge in [0.2, 0.25) is 5.91 Å². The van der Waals surface area contributed by atoms with Crippen LogP contribution in [-0.4, -0.2) is 46.5 Å². The topological polar surface area (TPSA) is 67.2 Å². The Morgan fingerprint density at radius 1 is 1.42 bits per heavy atom. The minimum absolute atomic E-state index is 0.0268. The molecule has 0 saturated carbocycles. The normalized spacial score (nSPS) is 17.7. The lowest BCUT2D eigenvalue weighted by atomic mass is 10.1. The van der Waals surface area contributed by atoms with Gasteiger partial charge < -0.3 is 10.2 Å². The van der Waals surface area contributed by atoms with Gasteiger partial charge in [0.25, 0.3) is 5.56 Å². The second-order valence-corrected chi connectivity index (χ2v) is 8.26. The van der Waals surface area contributed by atoms with E-state index in [1.54, 1.807) is 11.3 Å². The highest BCUT2D eigenvalue weighted by Crippen LogP contribution is 2.33. The molecule has 1 aliphatic heterocycles. The van der Waals surface area contributed by atoms with Crippen molar-refractivity contribution in [3.8, 4) is 10.4 Å². The van der Waals surface area contributed by atoms with Gasteiger partial charge in [-0.2, -0.15) is 0 Å². The van der Waals surface area contributed by atoms with Crippen molar-refractivity contribution in [1.82, 2.24) is 19.8 Å². The van der Waals surface area contributed by atoms with Gasteiger partial charge in [0.05, 0.1) is 11.7 Å². The van der Waals surface area contributed by atoms with Crippen LogP contribution in [0.15, 0.2) is 34.0 Å². The second kappa shape index (κ2) is 7.30. The number of nitrogens with zero attached hydrogens (tertiary/aromatic N) is 3. The van der Waals surface area contributed by atoms with Crippen molar-refractivity contribution in [2.24, 2.45) is 0 Å². The molecule has 6 nitrogen and oxygen atoms in total. The number of fused-ring (bicyclic) bond motifs is 1. The number of carbonyl (C=O) groups excluding carboxylic acids is 1. The molecule has 4 heterocycles. The molecule has 1 saturated heterocycles. The van der Waals surface area contributed by atoms with Gasteiger partial charge in [-0.15, -0.1) is 22.7 Å². The Labute approximate surface area is 159 Å². The van der Waals surface area contributed by atoms with E-state index in [0.717, 1.165) is 34.7 Å². The van der Waals surface area contributed by atoms with E-state index in [1.165, 1.54) is 22.2 Å². The third kappa shape index (κ3) is 3.20. The van der Waals surface area contributed by atoms with Crippen molar-refractivity contribution in [1.29, 1.82) is 0 Å². The first-order valence-corrected chi connectivity index (χ1v) is 10.4. The fourth-order valence-electron chi connectivity index (χ4n) is 3.38. The van der Waals surface area contributed by atoms with E-state index in [1.807, 2.05) is 34.8 Å². The highest BCUT2D eigenvalue weighted by molar-refractivity contribution is 7.18. The summed E-state index contributed by atoms with van der Waals surface area (Å²) in [6, 6.07) is 4.29. The summed E-state index contributed by atoms with van der Waals surface area (Å²) in [6.45, 7) is 1.48. The molecule has 1 unspecified atom stereocenters. The van der Waals surface area contributed by atoms with Crippen molar-refractivity contribution in [3.63, 3.8) is 0 Å². The van der Waals surface area contributed by atoms with Gasteiger partial charge in [0.1, 0.15) is 11.4 Å². The molecule has 0 aromatic carbocycles. The van der Waals surface area contributed by atoms with Crippen molar-refractivity contribution < 1.29 is 4.79 Å². The maximum absolute atomic E-state index is 13.0. The first-order valence-electron chi connectivity index (χ1n) is 8.63. The zero-order valence-corrected chi connectivity index (χ0v) is 16.1. The maximum atomic E-state index is 13.0.